The van der Waals surface area contributed by atoms with Gasteiger partial charge in [0.2, 0.25) is 0 Å². The van der Waals surface area contributed by atoms with E-state index in [4.69, 9.17) is 9.15 Å². The summed E-state index contributed by atoms with van der Waals surface area (Å²) in [4.78, 5) is 33.7. The summed E-state index contributed by atoms with van der Waals surface area (Å²) in [6.07, 6.45) is 0.751. The van der Waals surface area contributed by atoms with Crippen molar-refractivity contribution in [1.29, 1.82) is 0 Å². The molecular formula is C16H17NO6. The summed E-state index contributed by atoms with van der Waals surface area (Å²) in [5.41, 5.74) is -0.0496. The topological polar surface area (TPSA) is 94.8 Å². The number of fused-ring (bicyclic) bond motifs is 1. The smallest absolute Gasteiger partial charge is 0.336 e. The molecule has 1 aromatic carbocycles. The van der Waals surface area contributed by atoms with Gasteiger partial charge in [0.25, 0.3) is 5.91 Å². The van der Waals surface area contributed by atoms with Gasteiger partial charge in [-0.3, -0.25) is 9.59 Å². The van der Waals surface area contributed by atoms with Crippen molar-refractivity contribution in [3.05, 3.63) is 40.8 Å². The average molecular weight is 319 g/mol. The zero-order valence-electron chi connectivity index (χ0n) is 12.7. The van der Waals surface area contributed by atoms with Crippen LogP contribution in [-0.2, 0) is 14.3 Å². The zero-order chi connectivity index (χ0) is 16.7. The summed E-state index contributed by atoms with van der Waals surface area (Å²) in [6, 6.07) is 7.97. The molecule has 0 aliphatic carbocycles. The number of hydrogen-bond donors (Lipinski definition) is 1. The summed E-state index contributed by atoms with van der Waals surface area (Å²) in [7, 11) is 1.32. The number of amides is 1. The maximum Gasteiger partial charge on any atom is 0.336 e. The summed E-state index contributed by atoms with van der Waals surface area (Å²) < 4.78 is 14.9. The van der Waals surface area contributed by atoms with E-state index in [-0.39, 0.29) is 24.9 Å². The Morgan fingerprint density at radius 1 is 1.22 bits per heavy atom. The molecule has 0 fully saturated rings. The van der Waals surface area contributed by atoms with Crippen molar-refractivity contribution in [1.82, 2.24) is 5.32 Å². The van der Waals surface area contributed by atoms with Gasteiger partial charge in [-0.2, -0.15) is 0 Å². The molecule has 0 aliphatic heterocycles. The second-order valence-corrected chi connectivity index (χ2v) is 4.77. The van der Waals surface area contributed by atoms with Crippen molar-refractivity contribution >= 4 is 22.8 Å². The van der Waals surface area contributed by atoms with E-state index < -0.39 is 5.63 Å². The number of benzene rings is 1. The number of esters is 1. The molecule has 0 aliphatic rings. The summed E-state index contributed by atoms with van der Waals surface area (Å²) >= 11 is 0. The largest absolute Gasteiger partial charge is 0.484 e. The van der Waals surface area contributed by atoms with Gasteiger partial charge >= 0.3 is 11.6 Å². The lowest BCUT2D eigenvalue weighted by Gasteiger charge is -2.07. The Labute approximate surface area is 132 Å². The van der Waals surface area contributed by atoms with Gasteiger partial charge in [-0.25, -0.2) is 4.79 Å². The number of rotatable bonds is 7. The van der Waals surface area contributed by atoms with Crippen LogP contribution in [0.3, 0.4) is 0 Å². The Bertz CT molecular complexity index is 752. The molecular weight excluding hydrogens is 302 g/mol. The van der Waals surface area contributed by atoms with E-state index >= 15 is 0 Å². The molecule has 2 rings (SSSR count). The molecule has 0 spiro atoms. The molecule has 0 unspecified atom stereocenters. The number of nitrogens with one attached hydrogen (secondary N) is 1. The molecule has 1 amide bonds. The van der Waals surface area contributed by atoms with E-state index in [1.165, 1.54) is 13.2 Å². The van der Waals surface area contributed by atoms with Crippen molar-refractivity contribution in [3.8, 4) is 5.75 Å². The molecule has 0 saturated heterocycles. The minimum Gasteiger partial charge on any atom is -0.484 e. The third-order valence-electron chi connectivity index (χ3n) is 3.07. The molecule has 23 heavy (non-hydrogen) atoms. The fourth-order valence-electron chi connectivity index (χ4n) is 1.89. The molecule has 2 aromatic rings. The number of carbonyl (C=O) groups excluding carboxylic acids is 2. The Morgan fingerprint density at radius 3 is 2.78 bits per heavy atom. The van der Waals surface area contributed by atoms with Gasteiger partial charge in [0.05, 0.1) is 7.11 Å². The van der Waals surface area contributed by atoms with Crippen molar-refractivity contribution in [2.24, 2.45) is 0 Å². The van der Waals surface area contributed by atoms with Crippen LogP contribution in [0, 0.1) is 0 Å². The van der Waals surface area contributed by atoms with Gasteiger partial charge in [-0.05, 0) is 24.6 Å². The molecule has 122 valence electrons. The Hall–Kier alpha value is -2.83. The maximum absolute atomic E-state index is 11.6. The zero-order valence-corrected chi connectivity index (χ0v) is 12.7. The monoisotopic (exact) mass is 319 g/mol. The lowest BCUT2D eigenvalue weighted by Crippen LogP contribution is -2.30. The third-order valence-corrected chi connectivity index (χ3v) is 3.07. The first-order chi connectivity index (χ1) is 11.1. The van der Waals surface area contributed by atoms with Gasteiger partial charge in [-0.1, -0.05) is 0 Å². The SMILES string of the molecule is COC(=O)CCCNC(=O)COc1ccc2ccc(=O)oc2c1. The minimum atomic E-state index is -0.446. The van der Waals surface area contributed by atoms with Crippen molar-refractivity contribution in [2.45, 2.75) is 12.8 Å². The molecule has 7 nitrogen and oxygen atoms in total. The van der Waals surface area contributed by atoms with Crippen LogP contribution in [0.5, 0.6) is 5.75 Å². The van der Waals surface area contributed by atoms with Crippen LogP contribution < -0.4 is 15.7 Å². The summed E-state index contributed by atoms with van der Waals surface area (Å²) in [5.74, 6) is -0.186. The molecule has 1 heterocycles. The Kier molecular flexibility index (Phi) is 5.74. The summed E-state index contributed by atoms with van der Waals surface area (Å²) in [6.45, 7) is 0.199. The quantitative estimate of drug-likeness (QED) is 0.469. The van der Waals surface area contributed by atoms with Crippen LogP contribution in [-0.4, -0.2) is 32.1 Å². The van der Waals surface area contributed by atoms with Crippen molar-refractivity contribution in [2.75, 3.05) is 20.3 Å². The van der Waals surface area contributed by atoms with Crippen LogP contribution in [0.2, 0.25) is 0 Å². The van der Waals surface area contributed by atoms with Gasteiger partial charge in [0.15, 0.2) is 6.61 Å². The third kappa shape index (κ3) is 5.14. The number of hydrogen-bond acceptors (Lipinski definition) is 6. The van der Waals surface area contributed by atoms with Crippen LogP contribution >= 0.6 is 0 Å². The van der Waals surface area contributed by atoms with E-state index in [1.807, 2.05) is 0 Å². The number of methoxy groups -OCH3 is 1. The highest BCUT2D eigenvalue weighted by Crippen LogP contribution is 2.19. The van der Waals surface area contributed by atoms with Gasteiger partial charge in [-0.15, -0.1) is 0 Å². The van der Waals surface area contributed by atoms with Gasteiger partial charge in [0.1, 0.15) is 11.3 Å². The number of ether oxygens (including phenoxy) is 2. The normalized spacial score (nSPS) is 10.3. The van der Waals surface area contributed by atoms with Gasteiger partial charge < -0.3 is 19.2 Å². The fourth-order valence-corrected chi connectivity index (χ4v) is 1.89. The molecule has 0 saturated carbocycles. The lowest BCUT2D eigenvalue weighted by molar-refractivity contribution is -0.140. The maximum atomic E-state index is 11.6. The highest BCUT2D eigenvalue weighted by molar-refractivity contribution is 5.79. The van der Waals surface area contributed by atoms with Crippen molar-refractivity contribution in [3.63, 3.8) is 0 Å². The second kappa shape index (κ2) is 7.98. The lowest BCUT2D eigenvalue weighted by atomic mass is 10.2. The van der Waals surface area contributed by atoms with Crippen LogP contribution in [0.15, 0.2) is 39.5 Å². The minimum absolute atomic E-state index is 0.166. The first-order valence-corrected chi connectivity index (χ1v) is 7.09. The van der Waals surface area contributed by atoms with E-state index in [0.717, 1.165) is 5.39 Å². The van der Waals surface area contributed by atoms with E-state index in [9.17, 15) is 14.4 Å². The highest BCUT2D eigenvalue weighted by atomic mass is 16.5. The average Bonchev–Trinajstić information content (AvgIpc) is 2.56. The van der Waals surface area contributed by atoms with Crippen molar-refractivity contribution < 1.29 is 23.5 Å². The van der Waals surface area contributed by atoms with Gasteiger partial charge in [0, 0.05) is 30.5 Å². The standard InChI is InChI=1S/C16H17NO6/c1-21-15(19)3-2-8-17-14(18)10-22-12-6-4-11-5-7-16(20)23-13(11)9-12/h4-7,9H,2-3,8,10H2,1H3,(H,17,18). The Balaban J connectivity index is 1.80. The van der Waals surface area contributed by atoms with E-state index in [2.05, 4.69) is 10.1 Å². The van der Waals surface area contributed by atoms with E-state index in [0.29, 0.717) is 24.3 Å². The molecule has 0 atom stereocenters. The second-order valence-electron chi connectivity index (χ2n) is 4.77. The molecule has 7 heteroatoms. The highest BCUT2D eigenvalue weighted by Gasteiger charge is 2.05. The van der Waals surface area contributed by atoms with Crippen LogP contribution in [0.4, 0.5) is 0 Å². The van der Waals surface area contributed by atoms with E-state index in [1.54, 1.807) is 24.3 Å². The van der Waals surface area contributed by atoms with Crippen LogP contribution in [0.25, 0.3) is 11.0 Å². The summed E-state index contributed by atoms with van der Waals surface area (Å²) in [5, 5.41) is 3.40. The molecule has 0 radical (unpaired) electrons. The molecule has 0 bridgehead atoms. The first kappa shape index (κ1) is 16.5. The first-order valence-electron chi connectivity index (χ1n) is 7.09. The molecule has 1 N–H and O–H groups in total. The molecule has 1 aromatic heterocycles. The fraction of sp³-hybridized carbons (Fsp3) is 0.312. The Morgan fingerprint density at radius 2 is 2.00 bits per heavy atom. The number of carbonyl (C=O) groups is 2. The van der Waals surface area contributed by atoms with Crippen LogP contribution in [0.1, 0.15) is 12.8 Å². The predicted octanol–water partition coefficient (Wildman–Crippen LogP) is 1.24. The predicted molar refractivity (Wildman–Crippen MR) is 82.2 cm³/mol.